The van der Waals surface area contributed by atoms with Gasteiger partial charge in [-0.1, -0.05) is 218 Å². The van der Waals surface area contributed by atoms with Crippen LogP contribution in [0.4, 0.5) is 0 Å². The van der Waals surface area contributed by atoms with Crippen LogP contribution in [0.2, 0.25) is 0 Å². The first kappa shape index (κ1) is 49.3. The Morgan fingerprint density at radius 3 is 0.702 bits per heavy atom. The molecule has 15 aromatic carbocycles. The van der Waals surface area contributed by atoms with E-state index < -0.39 is 0 Å². The van der Waals surface area contributed by atoms with Crippen molar-refractivity contribution >= 4 is 120 Å². The van der Waals surface area contributed by atoms with E-state index in [1.807, 2.05) is 0 Å². The first-order valence-electron chi connectivity index (χ1n) is 32.7. The van der Waals surface area contributed by atoms with Gasteiger partial charge in [0.15, 0.2) is 0 Å². The van der Waals surface area contributed by atoms with E-state index in [-0.39, 0.29) is 0 Å². The quantitative estimate of drug-likeness (QED) is 0.164. The fourth-order valence-corrected chi connectivity index (χ4v) is 17.9. The van der Waals surface area contributed by atoms with Crippen LogP contribution in [0.1, 0.15) is 0 Å². The van der Waals surface area contributed by atoms with Crippen molar-refractivity contribution in [2.45, 2.75) is 0 Å². The number of rotatable bonds is 2. The Balaban J connectivity index is 0.747. The Hall–Kier alpha value is -12.5. The molecule has 6 heterocycles. The Bertz CT molecular complexity index is 6450. The van der Waals surface area contributed by atoms with Gasteiger partial charge in [0.05, 0.1) is 55.2 Å². The average Bonchev–Trinajstić information content (AvgIpc) is 1.50. The van der Waals surface area contributed by atoms with Crippen LogP contribution < -0.4 is 0 Å². The minimum Gasteiger partial charge on any atom is -0.309 e. The van der Waals surface area contributed by atoms with Gasteiger partial charge in [0, 0.05) is 76.0 Å². The third-order valence-electron chi connectivity index (χ3n) is 21.7. The van der Waals surface area contributed by atoms with Crippen molar-refractivity contribution in [1.29, 1.82) is 0 Å². The molecule has 4 heteroatoms. The summed E-state index contributed by atoms with van der Waals surface area (Å²) >= 11 is 0. The van der Waals surface area contributed by atoms with Crippen molar-refractivity contribution < 1.29 is 0 Å². The molecule has 0 unspecified atom stereocenters. The fraction of sp³-hybridized carbons (Fsp3) is 0. The molecule has 2 aliphatic rings. The SMILES string of the molecule is c1ccc2c(c1)-c1ccc(-n3c4ccccc4c4ccccc43)cc1-c1ccccc1-c1cc3c(cc1-2)c1cccc2c4cc5c(cc4n3c12)c1cccc2c3cc4c(cc3n5c21)-c1ccccc1-c1cc(-n2c3ccccc3c3ccccc32)ccc1-c1ccccc1-4. The molecule has 0 radical (unpaired) electrons. The van der Waals surface area contributed by atoms with Crippen LogP contribution in [0.15, 0.2) is 303 Å². The van der Waals surface area contributed by atoms with Gasteiger partial charge in [-0.05, 0) is 174 Å². The zero-order valence-corrected chi connectivity index (χ0v) is 50.7. The zero-order valence-electron chi connectivity index (χ0n) is 50.7. The maximum absolute atomic E-state index is 2.60. The largest absolute Gasteiger partial charge is 0.309 e. The lowest BCUT2D eigenvalue weighted by Crippen LogP contribution is -2.00. The van der Waals surface area contributed by atoms with E-state index in [9.17, 15) is 0 Å². The molecule has 6 aromatic heterocycles. The second kappa shape index (κ2) is 17.7. The number of hydrogen-bond acceptors (Lipinski definition) is 0. The zero-order chi connectivity index (χ0) is 60.8. The van der Waals surface area contributed by atoms with Crippen molar-refractivity contribution in [2.75, 3.05) is 0 Å². The van der Waals surface area contributed by atoms with Crippen LogP contribution >= 0.6 is 0 Å². The van der Waals surface area contributed by atoms with Crippen molar-refractivity contribution in [3.63, 3.8) is 0 Å². The molecule has 0 N–H and O–H groups in total. The van der Waals surface area contributed by atoms with Crippen LogP contribution in [-0.2, 0) is 0 Å². The Morgan fingerprint density at radius 1 is 0.138 bits per heavy atom. The summed E-state index contributed by atoms with van der Waals surface area (Å²) in [5, 5.41) is 15.2. The van der Waals surface area contributed by atoms with Crippen LogP contribution in [0.25, 0.3) is 220 Å². The highest BCUT2D eigenvalue weighted by Crippen LogP contribution is 2.55. The first-order valence-corrected chi connectivity index (χ1v) is 32.7. The second-order valence-electron chi connectivity index (χ2n) is 26.2. The van der Waals surface area contributed by atoms with Gasteiger partial charge in [0.25, 0.3) is 0 Å². The number of hydrogen-bond donors (Lipinski definition) is 0. The van der Waals surface area contributed by atoms with Gasteiger partial charge in [0.1, 0.15) is 0 Å². The van der Waals surface area contributed by atoms with Gasteiger partial charge in [-0.15, -0.1) is 0 Å². The minimum absolute atomic E-state index is 1.15. The molecule has 2 aliphatic carbocycles. The molecule has 0 spiro atoms. The number of aromatic nitrogens is 4. The van der Waals surface area contributed by atoms with Crippen LogP contribution in [0, 0.1) is 0 Å². The molecule has 0 fully saturated rings. The molecule has 21 aromatic rings. The van der Waals surface area contributed by atoms with Crippen molar-refractivity contribution in [2.24, 2.45) is 0 Å². The summed E-state index contributed by atoms with van der Waals surface area (Å²) in [5.74, 6) is 0. The van der Waals surface area contributed by atoms with Gasteiger partial charge in [0.2, 0.25) is 0 Å². The number of benzene rings is 15. The summed E-state index contributed by atoms with van der Waals surface area (Å²) in [7, 11) is 0. The van der Waals surface area contributed by atoms with Gasteiger partial charge in [-0.2, -0.15) is 0 Å². The molecule has 0 saturated heterocycles. The van der Waals surface area contributed by atoms with Crippen LogP contribution in [0.5, 0.6) is 0 Å². The second-order valence-corrected chi connectivity index (χ2v) is 26.2. The molecular formula is C90H50N4. The predicted octanol–water partition coefficient (Wildman–Crippen LogP) is 24.1. The smallest absolute Gasteiger partial charge is 0.0620 e. The molecule has 430 valence electrons. The maximum Gasteiger partial charge on any atom is 0.0620 e. The molecule has 0 saturated carbocycles. The van der Waals surface area contributed by atoms with Crippen molar-refractivity contribution in [3.8, 4) is 100 Å². The van der Waals surface area contributed by atoms with Gasteiger partial charge in [-0.25, -0.2) is 0 Å². The van der Waals surface area contributed by atoms with E-state index in [0.717, 1.165) is 11.4 Å². The normalized spacial score (nSPS) is 12.7. The van der Waals surface area contributed by atoms with E-state index in [4.69, 9.17) is 0 Å². The van der Waals surface area contributed by atoms with E-state index in [1.54, 1.807) is 0 Å². The lowest BCUT2D eigenvalue weighted by molar-refractivity contribution is 1.18. The highest BCUT2D eigenvalue weighted by molar-refractivity contribution is 6.30. The van der Waals surface area contributed by atoms with E-state index in [2.05, 4.69) is 321 Å². The molecule has 0 atom stereocenters. The Labute approximate surface area is 538 Å². The highest BCUT2D eigenvalue weighted by Gasteiger charge is 2.30. The van der Waals surface area contributed by atoms with E-state index in [1.165, 1.54) is 209 Å². The van der Waals surface area contributed by atoms with Crippen molar-refractivity contribution in [3.05, 3.63) is 303 Å². The lowest BCUT2D eigenvalue weighted by atomic mass is 9.80. The third-order valence-corrected chi connectivity index (χ3v) is 21.7. The van der Waals surface area contributed by atoms with E-state index >= 15 is 0 Å². The predicted molar refractivity (Wildman–Crippen MR) is 395 cm³/mol. The maximum atomic E-state index is 2.60. The lowest BCUT2D eigenvalue weighted by Gasteiger charge is -2.24. The molecule has 0 bridgehead atoms. The number of nitrogens with zero attached hydrogens (tertiary/aromatic N) is 4. The van der Waals surface area contributed by atoms with Crippen LogP contribution in [-0.4, -0.2) is 17.9 Å². The van der Waals surface area contributed by atoms with Gasteiger partial charge >= 0.3 is 0 Å². The Kier molecular flexibility index (Phi) is 9.29. The summed E-state index contributed by atoms with van der Waals surface area (Å²) in [6.07, 6.45) is 0. The molecule has 4 nitrogen and oxygen atoms in total. The molecule has 0 amide bonds. The minimum atomic E-state index is 1.15. The van der Waals surface area contributed by atoms with Crippen LogP contribution in [0.3, 0.4) is 0 Å². The fourth-order valence-electron chi connectivity index (χ4n) is 17.9. The number of para-hydroxylation sites is 6. The van der Waals surface area contributed by atoms with Gasteiger partial charge in [-0.3, -0.25) is 0 Å². The first-order chi connectivity index (χ1) is 46.7. The monoisotopic (exact) mass is 1190 g/mol. The van der Waals surface area contributed by atoms with Crippen molar-refractivity contribution in [1.82, 2.24) is 17.9 Å². The molecule has 0 aliphatic heterocycles. The Morgan fingerprint density at radius 2 is 0.372 bits per heavy atom. The molecule has 23 rings (SSSR count). The molecule has 94 heavy (non-hydrogen) atoms. The summed E-state index contributed by atoms with van der Waals surface area (Å²) < 4.78 is 10.1. The molecular weight excluding hydrogens is 1140 g/mol. The summed E-state index contributed by atoms with van der Waals surface area (Å²) in [5.41, 5.74) is 34.3. The third kappa shape index (κ3) is 6.18. The number of fused-ring (bicyclic) bond motifs is 34. The van der Waals surface area contributed by atoms with E-state index in [0.29, 0.717) is 0 Å². The topological polar surface area (TPSA) is 18.7 Å². The average molecular weight is 1190 g/mol. The standard InChI is InChI=1S/C90H50N4/c1-3-21-55-53(19-1)61-41-39-51(91-81-35-13-9-27-63(81)64-28-10-14-36-82(64)91)43-71(61)57-23-5-7-25-59(57)75-47-85-77(45-73(55)75)67-31-17-33-69-79-50-88-80(49-87(79)93(85)89(67)69)70-34-18-32-68-78-46-74-56-22-4-2-20-54(56)62-42-40-52(92-83-37-15-11-29-65(83)66-30-12-16-38-84(66)92)44-72(62)58-24-6-8-26-60(58)76(74)48-86(78)94(88)90(68)70/h1-50H. The highest BCUT2D eigenvalue weighted by atomic mass is 15.0. The summed E-state index contributed by atoms with van der Waals surface area (Å²) in [6.45, 7) is 0. The summed E-state index contributed by atoms with van der Waals surface area (Å²) in [6, 6.07) is 115. The summed E-state index contributed by atoms with van der Waals surface area (Å²) in [4.78, 5) is 0. The van der Waals surface area contributed by atoms with Gasteiger partial charge < -0.3 is 17.9 Å².